The van der Waals surface area contributed by atoms with E-state index in [1.54, 1.807) is 50.5 Å². The van der Waals surface area contributed by atoms with Gasteiger partial charge in [0.25, 0.3) is 5.91 Å². The molecule has 0 bridgehead atoms. The van der Waals surface area contributed by atoms with E-state index in [1.165, 1.54) is 17.0 Å². The van der Waals surface area contributed by atoms with Crippen molar-refractivity contribution in [1.29, 1.82) is 0 Å². The van der Waals surface area contributed by atoms with E-state index >= 15 is 0 Å². The van der Waals surface area contributed by atoms with Crippen LogP contribution in [0.15, 0.2) is 71.9 Å². The number of nitrogens with two attached hydrogens (primary N) is 1. The molecule has 10 nitrogen and oxygen atoms in total. The summed E-state index contributed by atoms with van der Waals surface area (Å²) in [7, 11) is 3.28. The first-order chi connectivity index (χ1) is 19.7. The second-order valence-corrected chi connectivity index (χ2v) is 9.72. The average molecular weight is 586 g/mol. The highest BCUT2D eigenvalue weighted by atomic mass is 19.4. The predicted molar refractivity (Wildman–Crippen MR) is 152 cm³/mol. The largest absolute Gasteiger partial charge is 0.535 e. The molecule has 3 aromatic carbocycles. The minimum absolute atomic E-state index is 0.0566. The van der Waals surface area contributed by atoms with Gasteiger partial charge in [0.1, 0.15) is 0 Å². The third-order valence-electron chi connectivity index (χ3n) is 5.62. The van der Waals surface area contributed by atoms with Crippen LogP contribution in [0.25, 0.3) is 11.1 Å². The number of oxime groups is 1. The Morgan fingerprint density at radius 1 is 0.952 bits per heavy atom. The lowest BCUT2D eigenvalue weighted by atomic mass is 10.00. The number of ether oxygens (including phenoxy) is 1. The van der Waals surface area contributed by atoms with Crippen LogP contribution < -0.4 is 16.4 Å². The summed E-state index contributed by atoms with van der Waals surface area (Å²) in [4.78, 5) is 43.0. The summed E-state index contributed by atoms with van der Waals surface area (Å²) in [5.41, 5.74) is 7.11. The van der Waals surface area contributed by atoms with Gasteiger partial charge in [0.05, 0.1) is 17.9 Å². The van der Waals surface area contributed by atoms with Crippen molar-refractivity contribution in [2.75, 3.05) is 31.3 Å². The van der Waals surface area contributed by atoms with Gasteiger partial charge in [-0.25, -0.2) is 9.59 Å². The molecule has 0 saturated heterocycles. The van der Waals surface area contributed by atoms with Crippen LogP contribution in [0, 0.1) is 5.92 Å². The second-order valence-electron chi connectivity index (χ2n) is 9.72. The molecule has 0 fully saturated rings. The first-order valence-corrected chi connectivity index (χ1v) is 12.6. The Morgan fingerprint density at radius 3 is 2.24 bits per heavy atom. The zero-order valence-corrected chi connectivity index (χ0v) is 23.3. The van der Waals surface area contributed by atoms with Crippen molar-refractivity contribution in [3.05, 3.63) is 83.4 Å². The molecule has 0 radical (unpaired) electrons. The van der Waals surface area contributed by atoms with Crippen molar-refractivity contribution in [2.45, 2.75) is 20.0 Å². The molecule has 0 aliphatic rings. The molecule has 0 spiro atoms. The van der Waals surface area contributed by atoms with Gasteiger partial charge in [-0.1, -0.05) is 43.3 Å². The van der Waals surface area contributed by atoms with Crippen molar-refractivity contribution < 1.29 is 37.1 Å². The summed E-state index contributed by atoms with van der Waals surface area (Å²) in [6.07, 6.45) is -5.67. The van der Waals surface area contributed by atoms with Crippen molar-refractivity contribution in [3.63, 3.8) is 0 Å². The molecule has 3 rings (SSSR count). The molecule has 0 heterocycles. The van der Waals surface area contributed by atoms with Crippen LogP contribution in [0.5, 0.6) is 0 Å². The third kappa shape index (κ3) is 8.71. The molecule has 42 heavy (non-hydrogen) atoms. The van der Waals surface area contributed by atoms with Gasteiger partial charge >= 0.3 is 18.4 Å². The number of carbonyl (C=O) groups is 3. The molecular weight excluding hydrogens is 555 g/mol. The Bertz CT molecular complexity index is 1470. The van der Waals surface area contributed by atoms with E-state index in [1.807, 2.05) is 13.8 Å². The van der Waals surface area contributed by atoms with Gasteiger partial charge in [-0.15, -0.1) is 0 Å². The number of amidine groups is 1. The number of urea groups is 1. The Morgan fingerprint density at radius 2 is 1.62 bits per heavy atom. The molecule has 0 aromatic heterocycles. The van der Waals surface area contributed by atoms with Crippen molar-refractivity contribution in [2.24, 2.45) is 16.8 Å². The molecule has 222 valence electrons. The molecule has 3 aromatic rings. The summed E-state index contributed by atoms with van der Waals surface area (Å²) in [6.45, 7) is 3.77. The fraction of sp³-hybridized carbons (Fsp3) is 0.241. The van der Waals surface area contributed by atoms with E-state index in [0.717, 1.165) is 18.2 Å². The third-order valence-corrected chi connectivity index (χ3v) is 5.62. The average Bonchev–Trinajstić information content (AvgIpc) is 2.94. The van der Waals surface area contributed by atoms with Gasteiger partial charge in [-0.2, -0.15) is 13.2 Å². The number of anilines is 2. The molecule has 0 aliphatic carbocycles. The molecule has 3 amide bonds. The summed E-state index contributed by atoms with van der Waals surface area (Å²) in [5, 5.41) is 8.50. The number of amides is 3. The lowest BCUT2D eigenvalue weighted by Crippen LogP contribution is -2.23. The fourth-order valence-electron chi connectivity index (χ4n) is 3.56. The lowest BCUT2D eigenvalue weighted by Gasteiger charge is -2.15. The number of benzene rings is 3. The summed E-state index contributed by atoms with van der Waals surface area (Å²) in [6, 6.07) is 14.7. The maximum absolute atomic E-state index is 13.1. The zero-order valence-electron chi connectivity index (χ0n) is 23.3. The highest BCUT2D eigenvalue weighted by Gasteiger charge is 2.30. The number of nitrogens with zero attached hydrogens (tertiary/aromatic N) is 2. The minimum Gasteiger partial charge on any atom is -0.432 e. The van der Waals surface area contributed by atoms with E-state index in [0.29, 0.717) is 16.7 Å². The van der Waals surface area contributed by atoms with Gasteiger partial charge in [-0.05, 0) is 59.5 Å². The van der Waals surface area contributed by atoms with Crippen molar-refractivity contribution in [3.8, 4) is 11.1 Å². The molecule has 13 heteroatoms. The number of hydrogen-bond donors (Lipinski definition) is 3. The summed E-state index contributed by atoms with van der Waals surface area (Å²) < 4.78 is 44.1. The van der Waals surface area contributed by atoms with E-state index in [2.05, 4.69) is 15.8 Å². The fourth-order valence-corrected chi connectivity index (χ4v) is 3.56. The normalized spacial score (nSPS) is 11.6. The monoisotopic (exact) mass is 585 g/mol. The van der Waals surface area contributed by atoms with E-state index < -0.39 is 23.9 Å². The molecule has 0 aliphatic heterocycles. The maximum Gasteiger partial charge on any atom is 0.535 e. The van der Waals surface area contributed by atoms with Crippen molar-refractivity contribution >= 4 is 35.3 Å². The topological polar surface area (TPSA) is 135 Å². The van der Waals surface area contributed by atoms with Gasteiger partial charge in [0, 0.05) is 30.9 Å². The standard InChI is InChI=1S/C29H30F3N5O5/c1-17(2)16-41-28(40)42-36-25(33)23-14-20(18-8-10-19(11-9-18)26(38)37(3)4)12-13-24(23)35-27(39)34-22-7-5-6-21(15-22)29(30,31)32/h5-15,17H,16H2,1-4H3,(H2,33,36)(H2,34,35,39). The van der Waals surface area contributed by atoms with Gasteiger partial charge < -0.3 is 26.0 Å². The van der Waals surface area contributed by atoms with Crippen LogP contribution in [-0.4, -0.2) is 49.5 Å². The second kappa shape index (κ2) is 13.5. The van der Waals surface area contributed by atoms with Gasteiger partial charge in [0.15, 0.2) is 5.84 Å². The summed E-state index contributed by atoms with van der Waals surface area (Å²) >= 11 is 0. The quantitative estimate of drug-likeness (QED) is 0.0955. The molecular formula is C29H30F3N5O5. The number of alkyl halides is 3. The Labute approximate surface area is 240 Å². The maximum atomic E-state index is 13.1. The van der Waals surface area contributed by atoms with Gasteiger partial charge in [-0.3, -0.25) is 9.63 Å². The number of nitrogens with one attached hydrogen (secondary N) is 2. The first kappa shape index (κ1) is 31.5. The van der Waals surface area contributed by atoms with Crippen LogP contribution in [0.3, 0.4) is 0 Å². The molecule has 0 unspecified atom stereocenters. The highest BCUT2D eigenvalue weighted by molar-refractivity contribution is 6.08. The number of carbonyl (C=O) groups excluding carboxylic acids is 3. The van der Waals surface area contributed by atoms with Crippen LogP contribution >= 0.6 is 0 Å². The zero-order chi connectivity index (χ0) is 31.0. The van der Waals surface area contributed by atoms with Crippen LogP contribution in [-0.2, 0) is 15.8 Å². The smallest absolute Gasteiger partial charge is 0.432 e. The number of halogens is 3. The summed E-state index contributed by atoms with van der Waals surface area (Å²) in [5.74, 6) is -0.417. The molecule has 0 saturated carbocycles. The predicted octanol–water partition coefficient (Wildman–Crippen LogP) is 6.15. The Balaban J connectivity index is 1.90. The first-order valence-electron chi connectivity index (χ1n) is 12.6. The minimum atomic E-state index is -4.59. The van der Waals surface area contributed by atoms with Crippen LogP contribution in [0.1, 0.15) is 35.3 Å². The van der Waals surface area contributed by atoms with Gasteiger partial charge in [0.2, 0.25) is 0 Å². The number of rotatable bonds is 8. The van der Waals surface area contributed by atoms with E-state index in [-0.39, 0.29) is 41.2 Å². The highest BCUT2D eigenvalue weighted by Crippen LogP contribution is 2.31. The lowest BCUT2D eigenvalue weighted by molar-refractivity contribution is -0.137. The Kier molecular flexibility index (Phi) is 10.1. The Hall–Kier alpha value is -5.07. The molecule has 0 atom stereocenters. The van der Waals surface area contributed by atoms with Crippen molar-refractivity contribution in [1.82, 2.24) is 4.90 Å². The number of hydrogen-bond acceptors (Lipinski definition) is 6. The van der Waals surface area contributed by atoms with Crippen LogP contribution in [0.2, 0.25) is 0 Å². The SMILES string of the molecule is CC(C)COC(=O)O/N=C(\N)c1cc(-c2ccc(C(=O)N(C)C)cc2)ccc1NC(=O)Nc1cccc(C(F)(F)F)c1. The van der Waals surface area contributed by atoms with E-state index in [4.69, 9.17) is 15.3 Å². The van der Waals surface area contributed by atoms with Crippen LogP contribution in [0.4, 0.5) is 34.1 Å². The molecule has 4 N–H and O–H groups in total. The van der Waals surface area contributed by atoms with E-state index in [9.17, 15) is 27.6 Å².